The fourth-order valence-electron chi connectivity index (χ4n) is 2.19. The molecule has 3 heteroatoms. The molecule has 0 aliphatic heterocycles. The van der Waals surface area contributed by atoms with E-state index in [1.165, 1.54) is 5.56 Å². The third kappa shape index (κ3) is 4.66. The second kappa shape index (κ2) is 6.69. The Balaban J connectivity index is 2.83. The summed E-state index contributed by atoms with van der Waals surface area (Å²) in [6, 6.07) is 7.32. The van der Waals surface area contributed by atoms with Crippen molar-refractivity contribution in [1.82, 2.24) is 0 Å². The van der Waals surface area contributed by atoms with Gasteiger partial charge in [0.15, 0.2) is 0 Å². The Morgan fingerprint density at radius 1 is 1.16 bits per heavy atom. The monoisotopic (exact) mass is 263 g/mol. The Hall–Kier alpha value is -1.38. The van der Waals surface area contributed by atoms with Crippen LogP contribution >= 0.6 is 0 Å². The van der Waals surface area contributed by atoms with Crippen molar-refractivity contribution >= 4 is 0 Å². The highest BCUT2D eigenvalue weighted by Crippen LogP contribution is 2.27. The average molecular weight is 263 g/mol. The summed E-state index contributed by atoms with van der Waals surface area (Å²) in [4.78, 5) is 11.0. The van der Waals surface area contributed by atoms with Crippen LogP contribution in [-0.2, 0) is 5.41 Å². The van der Waals surface area contributed by atoms with Crippen molar-refractivity contribution in [2.45, 2.75) is 64.8 Å². The van der Waals surface area contributed by atoms with Crippen LogP contribution in [-0.4, -0.2) is 4.92 Å². The Morgan fingerprint density at radius 3 is 2.16 bits per heavy atom. The average Bonchev–Trinajstić information content (AvgIpc) is 2.33. The molecule has 0 radical (unpaired) electrons. The molecule has 1 aromatic rings. The minimum atomic E-state index is -0.555. The first-order valence-corrected chi connectivity index (χ1v) is 7.10. The van der Waals surface area contributed by atoms with Gasteiger partial charge >= 0.3 is 0 Å². The molecule has 0 spiro atoms. The maximum absolute atomic E-state index is 11.2. The van der Waals surface area contributed by atoms with Crippen LogP contribution in [0.15, 0.2) is 24.3 Å². The fourth-order valence-corrected chi connectivity index (χ4v) is 2.19. The van der Waals surface area contributed by atoms with Gasteiger partial charge in [-0.1, -0.05) is 64.8 Å². The Labute approximate surface area is 116 Å². The van der Waals surface area contributed by atoms with E-state index in [2.05, 4.69) is 27.7 Å². The SMILES string of the molecule is CCCCCC(c1ccc(C(C)(C)C)cc1)[N+](=O)[O-]. The molecule has 1 unspecified atom stereocenters. The molecular formula is C16H25NO2. The third-order valence-electron chi connectivity index (χ3n) is 3.50. The lowest BCUT2D eigenvalue weighted by molar-refractivity contribution is -0.530. The maximum atomic E-state index is 11.2. The summed E-state index contributed by atoms with van der Waals surface area (Å²) in [5.41, 5.74) is 2.13. The van der Waals surface area contributed by atoms with Crippen molar-refractivity contribution in [3.05, 3.63) is 45.5 Å². The Morgan fingerprint density at radius 2 is 1.74 bits per heavy atom. The molecule has 0 amide bonds. The topological polar surface area (TPSA) is 43.1 Å². The van der Waals surface area contributed by atoms with E-state index in [1.54, 1.807) is 0 Å². The molecule has 3 nitrogen and oxygen atoms in total. The highest BCUT2D eigenvalue weighted by atomic mass is 16.6. The zero-order valence-corrected chi connectivity index (χ0v) is 12.5. The van der Waals surface area contributed by atoms with Gasteiger partial charge in [-0.2, -0.15) is 0 Å². The normalized spacial score (nSPS) is 13.3. The zero-order chi connectivity index (χ0) is 14.5. The van der Waals surface area contributed by atoms with E-state index in [0.29, 0.717) is 6.42 Å². The van der Waals surface area contributed by atoms with Gasteiger partial charge in [0.05, 0.1) is 0 Å². The minimum Gasteiger partial charge on any atom is -0.264 e. The highest BCUT2D eigenvalue weighted by molar-refractivity contribution is 5.28. The molecule has 1 atom stereocenters. The molecule has 106 valence electrons. The Kier molecular flexibility index (Phi) is 5.52. The number of hydrogen-bond acceptors (Lipinski definition) is 2. The first kappa shape index (κ1) is 15.7. The molecule has 0 N–H and O–H groups in total. The molecule has 0 saturated carbocycles. The first-order valence-electron chi connectivity index (χ1n) is 7.10. The predicted octanol–water partition coefficient (Wildman–Crippen LogP) is 4.88. The number of hydrogen-bond donors (Lipinski definition) is 0. The van der Waals surface area contributed by atoms with Gasteiger partial charge in [0.25, 0.3) is 0 Å². The summed E-state index contributed by atoms with van der Waals surface area (Å²) < 4.78 is 0. The summed E-state index contributed by atoms with van der Waals surface area (Å²) in [6.07, 6.45) is 3.71. The zero-order valence-electron chi connectivity index (χ0n) is 12.5. The molecule has 0 aliphatic rings. The fraction of sp³-hybridized carbons (Fsp3) is 0.625. The van der Waals surface area contributed by atoms with Gasteiger partial charge in [-0.25, -0.2) is 0 Å². The number of unbranched alkanes of at least 4 members (excludes halogenated alkanes) is 2. The molecule has 0 saturated heterocycles. The number of benzene rings is 1. The number of nitro groups is 1. The van der Waals surface area contributed by atoms with Gasteiger partial charge in [-0.15, -0.1) is 0 Å². The van der Waals surface area contributed by atoms with E-state index in [4.69, 9.17) is 0 Å². The van der Waals surface area contributed by atoms with Crippen LogP contribution in [0.5, 0.6) is 0 Å². The van der Waals surface area contributed by atoms with Gasteiger partial charge in [-0.3, -0.25) is 10.1 Å². The van der Waals surface area contributed by atoms with E-state index >= 15 is 0 Å². The van der Waals surface area contributed by atoms with Crippen LogP contribution in [0.4, 0.5) is 0 Å². The van der Waals surface area contributed by atoms with Gasteiger partial charge in [0, 0.05) is 16.9 Å². The van der Waals surface area contributed by atoms with Crippen LogP contribution in [0, 0.1) is 10.1 Å². The molecule has 0 aromatic heterocycles. The number of nitrogens with zero attached hydrogens (tertiary/aromatic N) is 1. The molecule has 1 aromatic carbocycles. The first-order chi connectivity index (χ1) is 8.86. The second-order valence-electron chi connectivity index (χ2n) is 6.17. The van der Waals surface area contributed by atoms with Crippen LogP contribution in [0.3, 0.4) is 0 Å². The molecule has 1 rings (SSSR count). The van der Waals surface area contributed by atoms with Crippen molar-refractivity contribution in [3.63, 3.8) is 0 Å². The van der Waals surface area contributed by atoms with Crippen molar-refractivity contribution in [3.8, 4) is 0 Å². The predicted molar refractivity (Wildman–Crippen MR) is 79.0 cm³/mol. The minimum absolute atomic E-state index is 0.0881. The summed E-state index contributed by atoms with van der Waals surface area (Å²) in [6.45, 7) is 8.55. The highest BCUT2D eigenvalue weighted by Gasteiger charge is 2.22. The molecule has 0 fully saturated rings. The van der Waals surface area contributed by atoms with Crippen molar-refractivity contribution in [1.29, 1.82) is 0 Å². The second-order valence-corrected chi connectivity index (χ2v) is 6.17. The van der Waals surface area contributed by atoms with Crippen LogP contribution in [0.1, 0.15) is 70.5 Å². The van der Waals surface area contributed by atoms with Crippen molar-refractivity contribution < 1.29 is 4.92 Å². The quantitative estimate of drug-likeness (QED) is 0.417. The summed E-state index contributed by atoms with van der Waals surface area (Å²) in [5, 5.41) is 11.2. The smallest absolute Gasteiger partial charge is 0.238 e. The van der Waals surface area contributed by atoms with Crippen LogP contribution in [0.2, 0.25) is 0 Å². The summed E-state index contributed by atoms with van der Waals surface area (Å²) in [7, 11) is 0. The lowest BCUT2D eigenvalue weighted by Gasteiger charge is -2.19. The van der Waals surface area contributed by atoms with Crippen LogP contribution in [0.25, 0.3) is 0 Å². The maximum Gasteiger partial charge on any atom is 0.238 e. The van der Waals surface area contributed by atoms with E-state index in [9.17, 15) is 10.1 Å². The molecule has 0 aliphatic carbocycles. The summed E-state index contributed by atoms with van der Waals surface area (Å²) >= 11 is 0. The van der Waals surface area contributed by atoms with Gasteiger partial charge < -0.3 is 0 Å². The molecular weight excluding hydrogens is 238 g/mol. The van der Waals surface area contributed by atoms with Crippen molar-refractivity contribution in [2.75, 3.05) is 0 Å². The van der Waals surface area contributed by atoms with Gasteiger partial charge in [-0.05, 0) is 17.4 Å². The largest absolute Gasteiger partial charge is 0.264 e. The van der Waals surface area contributed by atoms with E-state index < -0.39 is 6.04 Å². The van der Waals surface area contributed by atoms with Gasteiger partial charge in [0.1, 0.15) is 0 Å². The molecule has 19 heavy (non-hydrogen) atoms. The van der Waals surface area contributed by atoms with E-state index in [1.807, 2.05) is 24.3 Å². The third-order valence-corrected chi connectivity index (χ3v) is 3.50. The van der Waals surface area contributed by atoms with E-state index in [-0.39, 0.29) is 10.3 Å². The molecule has 0 bridgehead atoms. The lowest BCUT2D eigenvalue weighted by Crippen LogP contribution is -2.13. The van der Waals surface area contributed by atoms with Gasteiger partial charge in [0.2, 0.25) is 6.04 Å². The number of rotatable bonds is 6. The molecule has 0 heterocycles. The Bertz CT molecular complexity index is 404. The lowest BCUT2D eigenvalue weighted by atomic mass is 9.86. The van der Waals surface area contributed by atoms with Crippen molar-refractivity contribution in [2.24, 2.45) is 0 Å². The van der Waals surface area contributed by atoms with E-state index in [0.717, 1.165) is 24.8 Å². The summed E-state index contributed by atoms with van der Waals surface area (Å²) in [5.74, 6) is 0. The van der Waals surface area contributed by atoms with Crippen LogP contribution < -0.4 is 0 Å². The standard InChI is InChI=1S/C16H25NO2/c1-5-6-7-8-15(17(18)19)13-9-11-14(12-10-13)16(2,3)4/h9-12,15H,5-8H2,1-4H3.